The van der Waals surface area contributed by atoms with Gasteiger partial charge in [0.05, 0.1) is 0 Å². The summed E-state index contributed by atoms with van der Waals surface area (Å²) in [6.45, 7) is 6.11. The monoisotopic (exact) mass is 317 g/mol. The molecule has 0 radical (unpaired) electrons. The van der Waals surface area contributed by atoms with E-state index in [1.165, 1.54) is 32.1 Å². The van der Waals surface area contributed by atoms with E-state index >= 15 is 0 Å². The van der Waals surface area contributed by atoms with Gasteiger partial charge in [-0.05, 0) is 56.4 Å². The first-order valence-electron chi connectivity index (χ1n) is 9.14. The lowest BCUT2D eigenvalue weighted by Gasteiger charge is -2.24. The number of aryl methyl sites for hydroxylation is 2. The smallest absolute Gasteiger partial charge is 0.261 e. The molecule has 0 aromatic heterocycles. The van der Waals surface area contributed by atoms with Crippen LogP contribution in [0.3, 0.4) is 0 Å². The molecule has 0 bridgehead atoms. The molecular formula is C20H31NO2. The van der Waals surface area contributed by atoms with Crippen LogP contribution in [-0.4, -0.2) is 18.1 Å². The molecular weight excluding hydrogens is 286 g/mol. The summed E-state index contributed by atoms with van der Waals surface area (Å²) in [7, 11) is 0. The number of carbonyl (C=O) groups excluding carboxylic acids is 1. The summed E-state index contributed by atoms with van der Waals surface area (Å²) >= 11 is 0. The minimum Gasteiger partial charge on any atom is -0.481 e. The summed E-state index contributed by atoms with van der Waals surface area (Å²) in [5, 5.41) is 3.22. The van der Waals surface area contributed by atoms with E-state index in [9.17, 15) is 4.79 Å². The molecule has 3 heteroatoms. The Morgan fingerprint density at radius 1 is 1.09 bits per heavy atom. The molecule has 1 aliphatic rings. The Kier molecular flexibility index (Phi) is 6.94. The fraction of sp³-hybridized carbons (Fsp3) is 0.650. The third-order valence-corrected chi connectivity index (χ3v) is 4.59. The highest BCUT2D eigenvalue weighted by Crippen LogP contribution is 2.20. The maximum atomic E-state index is 12.6. The Morgan fingerprint density at radius 2 is 1.65 bits per heavy atom. The van der Waals surface area contributed by atoms with Crippen molar-refractivity contribution in [1.82, 2.24) is 5.32 Å². The highest BCUT2D eigenvalue weighted by Gasteiger charge is 2.22. The number of hydrogen-bond donors (Lipinski definition) is 1. The first kappa shape index (κ1) is 17.8. The van der Waals surface area contributed by atoms with Crippen LogP contribution >= 0.6 is 0 Å². The zero-order valence-corrected chi connectivity index (χ0v) is 14.9. The molecule has 1 aromatic rings. The maximum absolute atomic E-state index is 12.6. The van der Waals surface area contributed by atoms with Crippen LogP contribution in [0.2, 0.25) is 0 Å². The second-order valence-electron chi connectivity index (χ2n) is 6.89. The van der Waals surface area contributed by atoms with E-state index < -0.39 is 6.10 Å². The Balaban J connectivity index is 1.94. The Hall–Kier alpha value is -1.51. The quantitative estimate of drug-likeness (QED) is 0.855. The zero-order chi connectivity index (χ0) is 16.7. The van der Waals surface area contributed by atoms with Gasteiger partial charge in [-0.3, -0.25) is 4.79 Å². The van der Waals surface area contributed by atoms with Crippen LogP contribution < -0.4 is 10.1 Å². The maximum Gasteiger partial charge on any atom is 0.261 e. The standard InChI is InChI=1S/C20H31NO2/c1-4-19(23-18-13-15(2)12-16(3)14-18)20(22)21-17-10-8-6-5-7-9-11-17/h12-14,17,19H,4-11H2,1-3H3,(H,21,22)/t19-/m1/s1. The van der Waals surface area contributed by atoms with Crippen LogP contribution in [0, 0.1) is 13.8 Å². The highest BCUT2D eigenvalue weighted by atomic mass is 16.5. The van der Waals surface area contributed by atoms with Gasteiger partial charge in [0.1, 0.15) is 5.75 Å². The first-order valence-corrected chi connectivity index (χ1v) is 9.14. The number of nitrogens with one attached hydrogen (secondary N) is 1. The Morgan fingerprint density at radius 3 is 2.22 bits per heavy atom. The topological polar surface area (TPSA) is 38.3 Å². The third kappa shape index (κ3) is 5.89. The predicted molar refractivity (Wildman–Crippen MR) is 94.9 cm³/mol. The molecule has 2 rings (SSSR count). The molecule has 0 aliphatic heterocycles. The molecule has 0 unspecified atom stereocenters. The van der Waals surface area contributed by atoms with Gasteiger partial charge in [-0.1, -0.05) is 45.1 Å². The van der Waals surface area contributed by atoms with Crippen molar-refractivity contribution in [2.75, 3.05) is 0 Å². The molecule has 1 saturated carbocycles. The van der Waals surface area contributed by atoms with Gasteiger partial charge in [-0.2, -0.15) is 0 Å². The van der Waals surface area contributed by atoms with Gasteiger partial charge in [0.25, 0.3) is 5.91 Å². The van der Waals surface area contributed by atoms with E-state index in [1.807, 2.05) is 19.1 Å². The van der Waals surface area contributed by atoms with Crippen molar-refractivity contribution in [1.29, 1.82) is 0 Å². The number of amides is 1. The molecule has 1 amide bonds. The number of benzene rings is 1. The lowest BCUT2D eigenvalue weighted by Crippen LogP contribution is -2.43. The summed E-state index contributed by atoms with van der Waals surface area (Å²) < 4.78 is 5.97. The van der Waals surface area contributed by atoms with Gasteiger partial charge in [-0.25, -0.2) is 0 Å². The Labute approximate surface area is 140 Å². The zero-order valence-electron chi connectivity index (χ0n) is 14.9. The minimum absolute atomic E-state index is 0.0391. The van der Waals surface area contributed by atoms with E-state index in [0.29, 0.717) is 12.5 Å². The molecule has 1 aromatic carbocycles. The molecule has 128 valence electrons. The van der Waals surface area contributed by atoms with E-state index in [2.05, 4.69) is 25.2 Å². The summed E-state index contributed by atoms with van der Waals surface area (Å²) in [5.74, 6) is 0.833. The first-order chi connectivity index (χ1) is 11.1. The summed E-state index contributed by atoms with van der Waals surface area (Å²) in [6, 6.07) is 6.43. The van der Waals surface area contributed by atoms with Crippen LogP contribution in [0.25, 0.3) is 0 Å². The van der Waals surface area contributed by atoms with Crippen molar-refractivity contribution in [3.05, 3.63) is 29.3 Å². The van der Waals surface area contributed by atoms with Crippen LogP contribution in [0.4, 0.5) is 0 Å². The summed E-state index contributed by atoms with van der Waals surface area (Å²) in [5.41, 5.74) is 2.32. The normalized spacial score (nSPS) is 17.9. The average Bonchev–Trinajstić information content (AvgIpc) is 2.46. The SMILES string of the molecule is CC[C@@H](Oc1cc(C)cc(C)c1)C(=O)NC1CCCCCCC1. The lowest BCUT2D eigenvalue weighted by atomic mass is 9.96. The molecule has 1 fully saturated rings. The molecule has 23 heavy (non-hydrogen) atoms. The van der Waals surface area contributed by atoms with Crippen molar-refractivity contribution < 1.29 is 9.53 Å². The molecule has 1 atom stereocenters. The van der Waals surface area contributed by atoms with Crippen molar-refractivity contribution >= 4 is 5.91 Å². The van der Waals surface area contributed by atoms with Crippen LogP contribution in [0.5, 0.6) is 5.75 Å². The van der Waals surface area contributed by atoms with Gasteiger partial charge < -0.3 is 10.1 Å². The highest BCUT2D eigenvalue weighted by molar-refractivity contribution is 5.81. The second-order valence-corrected chi connectivity index (χ2v) is 6.89. The van der Waals surface area contributed by atoms with Gasteiger partial charge >= 0.3 is 0 Å². The van der Waals surface area contributed by atoms with Gasteiger partial charge in [0.2, 0.25) is 0 Å². The van der Waals surface area contributed by atoms with Crippen molar-refractivity contribution in [3.8, 4) is 5.75 Å². The average molecular weight is 317 g/mol. The van der Waals surface area contributed by atoms with Gasteiger partial charge in [-0.15, -0.1) is 0 Å². The minimum atomic E-state index is -0.401. The van der Waals surface area contributed by atoms with Crippen molar-refractivity contribution in [2.24, 2.45) is 0 Å². The van der Waals surface area contributed by atoms with E-state index in [4.69, 9.17) is 4.74 Å². The van der Waals surface area contributed by atoms with E-state index in [0.717, 1.165) is 29.7 Å². The lowest BCUT2D eigenvalue weighted by molar-refractivity contribution is -0.129. The summed E-state index contributed by atoms with van der Waals surface area (Å²) in [4.78, 5) is 12.6. The van der Waals surface area contributed by atoms with E-state index in [-0.39, 0.29) is 5.91 Å². The number of carbonyl (C=O) groups is 1. The number of rotatable bonds is 5. The molecule has 3 nitrogen and oxygen atoms in total. The van der Waals surface area contributed by atoms with Gasteiger partial charge in [0, 0.05) is 6.04 Å². The molecule has 1 aliphatic carbocycles. The number of hydrogen-bond acceptors (Lipinski definition) is 2. The van der Waals surface area contributed by atoms with Crippen molar-refractivity contribution in [3.63, 3.8) is 0 Å². The molecule has 0 saturated heterocycles. The van der Waals surface area contributed by atoms with Crippen LogP contribution in [-0.2, 0) is 4.79 Å². The third-order valence-electron chi connectivity index (χ3n) is 4.59. The molecule has 0 heterocycles. The predicted octanol–water partition coefficient (Wildman–Crippen LogP) is 4.69. The molecule has 0 spiro atoms. The van der Waals surface area contributed by atoms with Crippen LogP contribution in [0.1, 0.15) is 69.4 Å². The van der Waals surface area contributed by atoms with Crippen molar-refractivity contribution in [2.45, 2.75) is 84.3 Å². The summed E-state index contributed by atoms with van der Waals surface area (Å²) in [6.07, 6.45) is 8.86. The largest absolute Gasteiger partial charge is 0.481 e. The molecule has 1 N–H and O–H groups in total. The second kappa shape index (κ2) is 8.95. The Bertz CT molecular complexity index is 484. The fourth-order valence-corrected chi connectivity index (χ4v) is 3.38. The number of ether oxygens (including phenoxy) is 1. The van der Waals surface area contributed by atoms with Gasteiger partial charge in [0.15, 0.2) is 6.10 Å². The van der Waals surface area contributed by atoms with Crippen LogP contribution in [0.15, 0.2) is 18.2 Å². The van der Waals surface area contributed by atoms with E-state index in [1.54, 1.807) is 0 Å². The fourth-order valence-electron chi connectivity index (χ4n) is 3.38.